The molecule has 2 aromatic carbocycles. The van der Waals surface area contributed by atoms with E-state index in [9.17, 15) is 28.8 Å². The van der Waals surface area contributed by atoms with Gasteiger partial charge in [-0.2, -0.15) is 0 Å². The normalized spacial score (nSPS) is 12.4. The van der Waals surface area contributed by atoms with Crippen molar-refractivity contribution in [1.29, 1.82) is 0 Å². The van der Waals surface area contributed by atoms with Gasteiger partial charge in [-0.05, 0) is 91.0 Å². The van der Waals surface area contributed by atoms with Gasteiger partial charge >= 0.3 is 30.3 Å². The number of alkyl carbamates (subject to hydrolysis) is 1. The fraction of sp³-hybridized carbons (Fsp3) is 0.581. The smallest absolute Gasteiger partial charge is 0.410 e. The van der Waals surface area contributed by atoms with Gasteiger partial charge in [-0.1, -0.05) is 48.5 Å². The molecule has 0 heterocycles. The Labute approximate surface area is 347 Å². The molecular weight excluding hydrogens is 762 g/mol. The standard InChI is InChI=1S/C43H63N5O11/c1-41(2,3)57-38(53)46(23-21-44-35(49)19-14-20-36(50)51)25-27-48(40(55)59-43(7,8)9)28-26-47(39(54)58-42(4,5)6)24-22-45-37(52)56-29-34-32-17-12-10-15-30(32)31-16-11-13-18-33(31)34/h10-13,15-18,34H,14,19-29H2,1-9H3,(H,44,49)(H,45,52)(H,50,51). The molecule has 0 fully saturated rings. The fourth-order valence-corrected chi connectivity index (χ4v) is 6.11. The van der Waals surface area contributed by atoms with Gasteiger partial charge in [0, 0.05) is 71.1 Å². The van der Waals surface area contributed by atoms with Gasteiger partial charge in [-0.3, -0.25) is 9.59 Å². The average Bonchev–Trinajstić information content (AvgIpc) is 3.43. The van der Waals surface area contributed by atoms with Crippen molar-refractivity contribution in [3.63, 3.8) is 0 Å². The number of carbonyl (C=O) groups is 6. The van der Waals surface area contributed by atoms with Crippen LogP contribution in [0.1, 0.15) is 98.6 Å². The number of fused-ring (bicyclic) bond motifs is 3. The van der Waals surface area contributed by atoms with Crippen LogP contribution < -0.4 is 10.6 Å². The molecule has 0 spiro atoms. The summed E-state index contributed by atoms with van der Waals surface area (Å²) in [7, 11) is 0. The number of nitrogens with one attached hydrogen (secondary N) is 2. The van der Waals surface area contributed by atoms with Gasteiger partial charge in [0.05, 0.1) is 0 Å². The lowest BCUT2D eigenvalue weighted by molar-refractivity contribution is -0.137. The predicted octanol–water partition coefficient (Wildman–Crippen LogP) is 6.61. The van der Waals surface area contributed by atoms with Crippen molar-refractivity contribution in [1.82, 2.24) is 25.3 Å². The number of carboxylic acid groups (broad SMARTS) is 1. The maximum Gasteiger partial charge on any atom is 0.410 e. The second kappa shape index (κ2) is 21.5. The SMILES string of the molecule is CC(C)(C)OC(=O)N(CCNC(=O)CCCC(=O)O)CCN(CCN(CCNC(=O)OCC1c2ccccc2-c2ccccc21)C(=O)OC(C)(C)C)C(=O)OC(C)(C)C. The van der Waals surface area contributed by atoms with Crippen LogP contribution in [-0.4, -0.2) is 132 Å². The van der Waals surface area contributed by atoms with Crippen LogP contribution in [0.3, 0.4) is 0 Å². The van der Waals surface area contributed by atoms with E-state index in [0.717, 1.165) is 22.3 Å². The van der Waals surface area contributed by atoms with Crippen LogP contribution in [0.4, 0.5) is 19.2 Å². The summed E-state index contributed by atoms with van der Waals surface area (Å²) in [6, 6.07) is 16.1. The topological polar surface area (TPSA) is 193 Å². The Hall–Kier alpha value is -5.54. The number of carbonyl (C=O) groups excluding carboxylic acids is 5. The first-order chi connectivity index (χ1) is 27.5. The summed E-state index contributed by atoms with van der Waals surface area (Å²) in [4.78, 5) is 80.4. The van der Waals surface area contributed by atoms with Gasteiger partial charge in [-0.25, -0.2) is 19.2 Å². The maximum absolute atomic E-state index is 13.5. The lowest BCUT2D eigenvalue weighted by Crippen LogP contribution is -2.49. The number of amides is 5. The Balaban J connectivity index is 1.68. The zero-order valence-corrected chi connectivity index (χ0v) is 36.1. The van der Waals surface area contributed by atoms with Crippen LogP contribution in [0.25, 0.3) is 11.1 Å². The molecule has 16 nitrogen and oxygen atoms in total. The summed E-state index contributed by atoms with van der Waals surface area (Å²) in [5.74, 6) is -1.48. The van der Waals surface area contributed by atoms with Gasteiger partial charge < -0.3 is 49.4 Å². The quantitative estimate of drug-likeness (QED) is 0.137. The van der Waals surface area contributed by atoms with Crippen LogP contribution in [0.2, 0.25) is 0 Å². The molecule has 2 aromatic rings. The second-order valence-electron chi connectivity index (χ2n) is 17.3. The molecule has 1 aliphatic rings. The predicted molar refractivity (Wildman–Crippen MR) is 221 cm³/mol. The van der Waals surface area contributed by atoms with E-state index in [1.165, 1.54) is 14.7 Å². The molecule has 0 atom stereocenters. The molecule has 326 valence electrons. The zero-order chi connectivity index (χ0) is 44.0. The van der Waals surface area contributed by atoms with E-state index in [-0.39, 0.29) is 90.1 Å². The van der Waals surface area contributed by atoms with E-state index in [1.807, 2.05) is 36.4 Å². The lowest BCUT2D eigenvalue weighted by Gasteiger charge is -2.33. The van der Waals surface area contributed by atoms with Gasteiger partial charge in [0.25, 0.3) is 0 Å². The summed E-state index contributed by atoms with van der Waals surface area (Å²) in [5, 5.41) is 14.3. The molecule has 5 amide bonds. The minimum Gasteiger partial charge on any atom is -0.481 e. The Kier molecular flexibility index (Phi) is 17.4. The lowest BCUT2D eigenvalue weighted by atomic mass is 9.98. The Morgan fingerprint density at radius 1 is 0.576 bits per heavy atom. The maximum atomic E-state index is 13.5. The molecular formula is C43H63N5O11. The number of aliphatic carboxylic acids is 1. The summed E-state index contributed by atoms with van der Waals surface area (Å²) in [5.41, 5.74) is 1.86. The van der Waals surface area contributed by atoms with Crippen LogP contribution in [0, 0.1) is 0 Å². The molecule has 0 aromatic heterocycles. The first-order valence-corrected chi connectivity index (χ1v) is 20.0. The number of hydrogen-bond donors (Lipinski definition) is 3. The number of ether oxygens (including phenoxy) is 4. The van der Waals surface area contributed by atoms with Crippen molar-refractivity contribution in [3.8, 4) is 11.1 Å². The number of hydrogen-bond acceptors (Lipinski definition) is 10. The van der Waals surface area contributed by atoms with Gasteiger partial charge in [0.1, 0.15) is 23.4 Å². The molecule has 59 heavy (non-hydrogen) atoms. The minimum absolute atomic E-state index is 0.0144. The third-order valence-corrected chi connectivity index (χ3v) is 8.73. The van der Waals surface area contributed by atoms with Crippen LogP contribution in [-0.2, 0) is 28.5 Å². The molecule has 0 radical (unpaired) electrons. The van der Waals surface area contributed by atoms with Crippen molar-refractivity contribution in [3.05, 3.63) is 59.7 Å². The Morgan fingerprint density at radius 3 is 1.37 bits per heavy atom. The highest BCUT2D eigenvalue weighted by Gasteiger charge is 2.31. The summed E-state index contributed by atoms with van der Waals surface area (Å²) >= 11 is 0. The zero-order valence-electron chi connectivity index (χ0n) is 36.1. The Bertz CT molecular complexity index is 1720. The molecule has 0 saturated carbocycles. The van der Waals surface area contributed by atoms with Gasteiger partial charge in [-0.15, -0.1) is 0 Å². The van der Waals surface area contributed by atoms with Crippen molar-refractivity contribution in [2.45, 2.75) is 104 Å². The number of benzene rings is 2. The minimum atomic E-state index is -0.997. The van der Waals surface area contributed by atoms with E-state index >= 15 is 0 Å². The second-order valence-corrected chi connectivity index (χ2v) is 17.3. The summed E-state index contributed by atoms with van der Waals surface area (Å²) < 4.78 is 22.6. The fourth-order valence-electron chi connectivity index (χ4n) is 6.11. The average molecular weight is 826 g/mol. The molecule has 16 heteroatoms. The highest BCUT2D eigenvalue weighted by Crippen LogP contribution is 2.44. The van der Waals surface area contributed by atoms with Gasteiger partial charge in [0.2, 0.25) is 5.91 Å². The van der Waals surface area contributed by atoms with Crippen LogP contribution >= 0.6 is 0 Å². The first kappa shape index (κ1) is 47.8. The summed E-state index contributed by atoms with van der Waals surface area (Å²) in [6.07, 6.45) is -2.62. The number of carboxylic acids is 1. The molecule has 0 unspecified atom stereocenters. The third kappa shape index (κ3) is 17.1. The highest BCUT2D eigenvalue weighted by molar-refractivity contribution is 5.79. The highest BCUT2D eigenvalue weighted by atomic mass is 16.6. The molecule has 0 aliphatic heterocycles. The van der Waals surface area contributed by atoms with E-state index < -0.39 is 47.1 Å². The Morgan fingerprint density at radius 2 is 0.966 bits per heavy atom. The van der Waals surface area contributed by atoms with E-state index in [1.54, 1.807) is 62.3 Å². The van der Waals surface area contributed by atoms with E-state index in [0.29, 0.717) is 0 Å². The first-order valence-electron chi connectivity index (χ1n) is 20.0. The molecule has 3 rings (SSSR count). The van der Waals surface area contributed by atoms with Gasteiger partial charge in [0.15, 0.2) is 0 Å². The van der Waals surface area contributed by atoms with Crippen LogP contribution in [0.5, 0.6) is 0 Å². The van der Waals surface area contributed by atoms with Crippen molar-refractivity contribution in [2.75, 3.05) is 59.0 Å². The van der Waals surface area contributed by atoms with Crippen molar-refractivity contribution < 1.29 is 52.8 Å². The largest absolute Gasteiger partial charge is 0.481 e. The van der Waals surface area contributed by atoms with Crippen molar-refractivity contribution in [2.24, 2.45) is 0 Å². The van der Waals surface area contributed by atoms with E-state index in [4.69, 9.17) is 24.1 Å². The third-order valence-electron chi connectivity index (χ3n) is 8.73. The van der Waals surface area contributed by atoms with Crippen molar-refractivity contribution >= 4 is 36.2 Å². The number of nitrogens with zero attached hydrogens (tertiary/aromatic N) is 3. The molecule has 3 N–H and O–H groups in total. The molecule has 1 aliphatic carbocycles. The molecule has 0 saturated heterocycles. The van der Waals surface area contributed by atoms with E-state index in [2.05, 4.69) is 22.8 Å². The number of rotatable bonds is 18. The monoisotopic (exact) mass is 825 g/mol. The summed E-state index contributed by atoms with van der Waals surface area (Å²) in [6.45, 7) is 15.7. The molecule has 0 bridgehead atoms. The van der Waals surface area contributed by atoms with Crippen LogP contribution in [0.15, 0.2) is 48.5 Å².